The molecule has 0 aromatic heterocycles. The number of esters is 1. The Balaban J connectivity index is 2.44. The van der Waals surface area contributed by atoms with Crippen molar-refractivity contribution in [3.63, 3.8) is 0 Å². The Morgan fingerprint density at radius 3 is 2.38 bits per heavy atom. The Bertz CT molecular complexity index is 307. The predicted octanol–water partition coefficient (Wildman–Crippen LogP) is 2.63. The highest BCUT2D eigenvalue weighted by molar-refractivity contribution is 5.65. The van der Waals surface area contributed by atoms with Crippen molar-refractivity contribution in [3.8, 4) is 0 Å². The normalized spacial score (nSPS) is 32.9. The van der Waals surface area contributed by atoms with Crippen LogP contribution in [0.3, 0.4) is 0 Å². The smallest absolute Gasteiger partial charge is 0.302 e. The Morgan fingerprint density at radius 1 is 1.05 bits per heavy atom. The predicted molar refractivity (Wildman–Crippen MR) is 79.8 cm³/mol. The van der Waals surface area contributed by atoms with Crippen LogP contribution in [-0.4, -0.2) is 44.8 Å². The van der Waals surface area contributed by atoms with E-state index in [1.54, 1.807) is 0 Å². The molecule has 5 nitrogen and oxygen atoms in total. The van der Waals surface area contributed by atoms with E-state index in [2.05, 4.69) is 27.7 Å². The summed E-state index contributed by atoms with van der Waals surface area (Å²) in [5.74, 6) is 0.804. The first-order chi connectivity index (χ1) is 9.97. The average molecular weight is 302 g/mol. The van der Waals surface area contributed by atoms with E-state index in [4.69, 9.17) is 18.9 Å². The molecule has 1 heterocycles. The van der Waals surface area contributed by atoms with Gasteiger partial charge in [-0.2, -0.15) is 0 Å². The van der Waals surface area contributed by atoms with E-state index >= 15 is 0 Å². The van der Waals surface area contributed by atoms with Gasteiger partial charge >= 0.3 is 5.97 Å². The summed E-state index contributed by atoms with van der Waals surface area (Å²) in [5.41, 5.74) is 0. The molecule has 0 bridgehead atoms. The lowest BCUT2D eigenvalue weighted by Crippen LogP contribution is -2.48. The zero-order valence-corrected chi connectivity index (χ0v) is 14.0. The Labute approximate surface area is 128 Å². The minimum atomic E-state index is -0.275. The van der Waals surface area contributed by atoms with Gasteiger partial charge in [-0.1, -0.05) is 27.7 Å². The molecule has 5 atom stereocenters. The SMILES string of the molecule is CCCOCCOC1OC(COC(C)=O)C(C)C(C)C1C. The summed E-state index contributed by atoms with van der Waals surface area (Å²) in [5, 5.41) is 0. The van der Waals surface area contributed by atoms with Crippen molar-refractivity contribution in [2.24, 2.45) is 17.8 Å². The van der Waals surface area contributed by atoms with Crippen molar-refractivity contribution in [1.82, 2.24) is 0 Å². The average Bonchev–Trinajstić information content (AvgIpc) is 2.45. The number of carbonyl (C=O) groups is 1. The van der Waals surface area contributed by atoms with Crippen LogP contribution in [0.15, 0.2) is 0 Å². The van der Waals surface area contributed by atoms with Gasteiger partial charge in [0.2, 0.25) is 0 Å². The highest BCUT2D eigenvalue weighted by Crippen LogP contribution is 2.35. The molecular formula is C16H30O5. The molecule has 1 saturated heterocycles. The monoisotopic (exact) mass is 302 g/mol. The third-order valence-electron chi connectivity index (χ3n) is 4.29. The fourth-order valence-corrected chi connectivity index (χ4v) is 2.54. The van der Waals surface area contributed by atoms with Crippen molar-refractivity contribution in [2.75, 3.05) is 26.4 Å². The van der Waals surface area contributed by atoms with Crippen LogP contribution < -0.4 is 0 Å². The maximum absolute atomic E-state index is 11.0. The highest BCUT2D eigenvalue weighted by Gasteiger charge is 2.39. The number of rotatable bonds is 8. The van der Waals surface area contributed by atoms with Gasteiger partial charge in [-0.15, -0.1) is 0 Å². The first-order valence-corrected chi connectivity index (χ1v) is 7.95. The van der Waals surface area contributed by atoms with Gasteiger partial charge in [0.05, 0.1) is 19.3 Å². The number of ether oxygens (including phenoxy) is 4. The van der Waals surface area contributed by atoms with Crippen LogP contribution in [0.4, 0.5) is 0 Å². The molecular weight excluding hydrogens is 272 g/mol. The van der Waals surface area contributed by atoms with Gasteiger partial charge < -0.3 is 18.9 Å². The van der Waals surface area contributed by atoms with Crippen LogP contribution in [-0.2, 0) is 23.7 Å². The van der Waals surface area contributed by atoms with E-state index < -0.39 is 0 Å². The third kappa shape index (κ3) is 5.93. The van der Waals surface area contributed by atoms with E-state index in [-0.39, 0.29) is 18.4 Å². The molecule has 0 aromatic rings. The second-order valence-electron chi connectivity index (χ2n) is 5.91. The molecule has 1 fully saturated rings. The number of hydrogen-bond donors (Lipinski definition) is 0. The standard InChI is InChI=1S/C16H30O5/c1-6-7-18-8-9-19-16-13(4)11(2)12(3)15(21-16)10-20-14(5)17/h11-13,15-16H,6-10H2,1-5H3. The van der Waals surface area contributed by atoms with Crippen molar-refractivity contribution >= 4 is 5.97 Å². The van der Waals surface area contributed by atoms with Gasteiger partial charge in [0.15, 0.2) is 6.29 Å². The molecule has 21 heavy (non-hydrogen) atoms. The first kappa shape index (κ1) is 18.4. The zero-order chi connectivity index (χ0) is 15.8. The molecule has 0 amide bonds. The number of hydrogen-bond acceptors (Lipinski definition) is 5. The second-order valence-corrected chi connectivity index (χ2v) is 5.91. The Kier molecular flexibility index (Phi) is 8.22. The van der Waals surface area contributed by atoms with E-state index in [1.165, 1.54) is 6.92 Å². The molecule has 1 rings (SSSR count). The molecule has 0 spiro atoms. The summed E-state index contributed by atoms with van der Waals surface area (Å²) in [6, 6.07) is 0. The molecule has 0 aliphatic carbocycles. The highest BCUT2D eigenvalue weighted by atomic mass is 16.7. The topological polar surface area (TPSA) is 54.0 Å². The fraction of sp³-hybridized carbons (Fsp3) is 0.938. The van der Waals surface area contributed by atoms with Crippen molar-refractivity contribution in [1.29, 1.82) is 0 Å². The molecule has 0 aromatic carbocycles. The van der Waals surface area contributed by atoms with Crippen molar-refractivity contribution in [2.45, 2.75) is 53.4 Å². The molecule has 124 valence electrons. The Hall–Kier alpha value is -0.650. The van der Waals surface area contributed by atoms with E-state index in [9.17, 15) is 4.79 Å². The quantitative estimate of drug-likeness (QED) is 0.509. The lowest BCUT2D eigenvalue weighted by Gasteiger charge is -2.43. The van der Waals surface area contributed by atoms with Crippen LogP contribution in [0.25, 0.3) is 0 Å². The van der Waals surface area contributed by atoms with E-state index in [0.29, 0.717) is 37.6 Å². The van der Waals surface area contributed by atoms with Gasteiger partial charge in [-0.05, 0) is 18.3 Å². The molecule has 1 aliphatic heterocycles. The molecule has 0 N–H and O–H groups in total. The van der Waals surface area contributed by atoms with Crippen LogP contribution in [0.1, 0.15) is 41.0 Å². The summed E-state index contributed by atoms with van der Waals surface area (Å²) >= 11 is 0. The first-order valence-electron chi connectivity index (χ1n) is 7.95. The van der Waals surface area contributed by atoms with Crippen molar-refractivity contribution in [3.05, 3.63) is 0 Å². The van der Waals surface area contributed by atoms with Crippen molar-refractivity contribution < 1.29 is 23.7 Å². The summed E-state index contributed by atoms with van der Waals surface area (Å²) in [6.45, 7) is 12.1. The molecule has 5 heteroatoms. The fourth-order valence-electron chi connectivity index (χ4n) is 2.54. The maximum atomic E-state index is 11.0. The maximum Gasteiger partial charge on any atom is 0.302 e. The summed E-state index contributed by atoms with van der Waals surface area (Å²) in [4.78, 5) is 11.0. The number of carbonyl (C=O) groups excluding carboxylic acids is 1. The minimum absolute atomic E-state index is 0.110. The summed E-state index contributed by atoms with van der Waals surface area (Å²) in [6.07, 6.45) is 0.638. The summed E-state index contributed by atoms with van der Waals surface area (Å²) in [7, 11) is 0. The molecule has 0 saturated carbocycles. The van der Waals surface area contributed by atoms with E-state index in [0.717, 1.165) is 13.0 Å². The lowest BCUT2D eigenvalue weighted by atomic mass is 9.79. The lowest BCUT2D eigenvalue weighted by molar-refractivity contribution is -0.258. The Morgan fingerprint density at radius 2 is 1.76 bits per heavy atom. The van der Waals surface area contributed by atoms with Gasteiger partial charge in [0.1, 0.15) is 6.61 Å². The zero-order valence-electron chi connectivity index (χ0n) is 14.0. The molecule has 1 aliphatic rings. The van der Waals surface area contributed by atoms with E-state index in [1.807, 2.05) is 0 Å². The molecule has 0 radical (unpaired) electrons. The second kappa shape index (κ2) is 9.38. The van der Waals surface area contributed by atoms with Crippen LogP contribution in [0.2, 0.25) is 0 Å². The van der Waals surface area contributed by atoms with Crippen LogP contribution >= 0.6 is 0 Å². The van der Waals surface area contributed by atoms with Gasteiger partial charge in [0, 0.05) is 19.4 Å². The largest absolute Gasteiger partial charge is 0.463 e. The van der Waals surface area contributed by atoms with Crippen LogP contribution in [0.5, 0.6) is 0 Å². The van der Waals surface area contributed by atoms with Gasteiger partial charge in [-0.3, -0.25) is 4.79 Å². The summed E-state index contributed by atoms with van der Waals surface area (Å²) < 4.78 is 22.3. The molecule has 5 unspecified atom stereocenters. The van der Waals surface area contributed by atoms with Gasteiger partial charge in [0.25, 0.3) is 0 Å². The third-order valence-corrected chi connectivity index (χ3v) is 4.29. The van der Waals surface area contributed by atoms with Crippen LogP contribution in [0, 0.1) is 17.8 Å². The minimum Gasteiger partial charge on any atom is -0.463 e. The van der Waals surface area contributed by atoms with Gasteiger partial charge in [-0.25, -0.2) is 0 Å².